The van der Waals surface area contributed by atoms with Gasteiger partial charge in [-0.15, -0.1) is 0 Å². The van der Waals surface area contributed by atoms with Crippen LogP contribution in [-0.2, 0) is 0 Å². The summed E-state index contributed by atoms with van der Waals surface area (Å²) in [7, 11) is 0. The number of rotatable bonds is 5. The van der Waals surface area contributed by atoms with E-state index in [9.17, 15) is 0 Å². The first kappa shape index (κ1) is 14.0. The Labute approximate surface area is 106 Å². The zero-order valence-electron chi connectivity index (χ0n) is 11.8. The van der Waals surface area contributed by atoms with E-state index in [1.807, 2.05) is 0 Å². The molecule has 0 amide bonds. The fourth-order valence-corrected chi connectivity index (χ4v) is 1.71. The van der Waals surface area contributed by atoms with E-state index in [4.69, 9.17) is 5.73 Å². The Bertz CT molecular complexity index is 336. The van der Waals surface area contributed by atoms with E-state index in [1.165, 1.54) is 5.69 Å². The molecule has 0 aliphatic rings. The molecular weight excluding hydrogens is 208 g/mol. The topological polar surface area (TPSA) is 29.3 Å². The van der Waals surface area contributed by atoms with Crippen molar-refractivity contribution < 1.29 is 0 Å². The minimum absolute atomic E-state index is 0.0683. The van der Waals surface area contributed by atoms with Gasteiger partial charge >= 0.3 is 0 Å². The van der Waals surface area contributed by atoms with Crippen LogP contribution < -0.4 is 10.6 Å². The summed E-state index contributed by atoms with van der Waals surface area (Å²) in [5.41, 5.74) is 7.42. The molecule has 0 spiro atoms. The van der Waals surface area contributed by atoms with Crippen LogP contribution in [0.1, 0.15) is 34.6 Å². The predicted octanol–water partition coefficient (Wildman–Crippen LogP) is 3.28. The molecule has 2 N–H and O–H groups in total. The first-order valence-corrected chi connectivity index (χ1v) is 6.37. The molecule has 2 nitrogen and oxygen atoms in total. The van der Waals surface area contributed by atoms with Crippen LogP contribution in [0.3, 0.4) is 0 Å². The highest BCUT2D eigenvalue weighted by Gasteiger charge is 2.34. The molecule has 0 heterocycles. The molecule has 17 heavy (non-hydrogen) atoms. The monoisotopic (exact) mass is 234 g/mol. The van der Waals surface area contributed by atoms with Crippen LogP contribution in [0.2, 0.25) is 0 Å². The predicted molar refractivity (Wildman–Crippen MR) is 76.4 cm³/mol. The van der Waals surface area contributed by atoms with Crippen molar-refractivity contribution >= 4 is 5.69 Å². The Morgan fingerprint density at radius 3 is 2.00 bits per heavy atom. The van der Waals surface area contributed by atoms with Gasteiger partial charge in [0, 0.05) is 24.3 Å². The maximum absolute atomic E-state index is 6.27. The van der Waals surface area contributed by atoms with Crippen LogP contribution in [0.5, 0.6) is 0 Å². The maximum atomic E-state index is 6.27. The molecule has 0 fully saturated rings. The van der Waals surface area contributed by atoms with Crippen molar-refractivity contribution in [3.63, 3.8) is 0 Å². The van der Waals surface area contributed by atoms with Crippen LogP contribution in [0.15, 0.2) is 30.3 Å². The van der Waals surface area contributed by atoms with Gasteiger partial charge in [-0.1, -0.05) is 32.0 Å². The Morgan fingerprint density at radius 1 is 1.06 bits per heavy atom. The van der Waals surface area contributed by atoms with Crippen LogP contribution in [0.4, 0.5) is 5.69 Å². The van der Waals surface area contributed by atoms with Crippen molar-refractivity contribution in [3.05, 3.63) is 30.3 Å². The van der Waals surface area contributed by atoms with Gasteiger partial charge in [0.1, 0.15) is 0 Å². The second-order valence-electron chi connectivity index (χ2n) is 5.96. The van der Waals surface area contributed by atoms with Crippen molar-refractivity contribution in [2.24, 2.45) is 11.1 Å². The fourth-order valence-electron chi connectivity index (χ4n) is 1.71. The van der Waals surface area contributed by atoms with E-state index in [-0.39, 0.29) is 11.0 Å². The fraction of sp³-hybridized carbons (Fsp3) is 0.600. The van der Waals surface area contributed by atoms with Gasteiger partial charge in [0.25, 0.3) is 0 Å². The molecule has 1 aromatic rings. The minimum Gasteiger partial charge on any atom is -0.371 e. The van der Waals surface area contributed by atoms with Crippen LogP contribution >= 0.6 is 0 Å². The maximum Gasteiger partial charge on any atom is 0.0366 e. The van der Waals surface area contributed by atoms with E-state index >= 15 is 0 Å². The summed E-state index contributed by atoms with van der Waals surface area (Å²) in [5.74, 6) is 0. The quantitative estimate of drug-likeness (QED) is 0.847. The Balaban J connectivity index is 2.85. The lowest BCUT2D eigenvalue weighted by molar-refractivity contribution is 0.208. The summed E-state index contributed by atoms with van der Waals surface area (Å²) < 4.78 is 0. The zero-order valence-corrected chi connectivity index (χ0v) is 11.8. The highest BCUT2D eigenvalue weighted by atomic mass is 15.1. The molecule has 0 unspecified atom stereocenters. The van der Waals surface area contributed by atoms with E-state index in [2.05, 4.69) is 69.9 Å². The summed E-state index contributed by atoms with van der Waals surface area (Å²) >= 11 is 0. The Hall–Kier alpha value is -1.02. The van der Waals surface area contributed by atoms with E-state index in [0.717, 1.165) is 13.1 Å². The summed E-state index contributed by atoms with van der Waals surface area (Å²) in [6.07, 6.45) is 0. The molecule has 1 aromatic carbocycles. The Kier molecular flexibility index (Phi) is 4.21. The molecule has 0 atom stereocenters. The summed E-state index contributed by atoms with van der Waals surface area (Å²) in [5, 5.41) is 0. The number of nitrogens with two attached hydrogens (primary N) is 1. The van der Waals surface area contributed by atoms with Crippen molar-refractivity contribution in [3.8, 4) is 0 Å². The smallest absolute Gasteiger partial charge is 0.0366 e. The van der Waals surface area contributed by atoms with Gasteiger partial charge in [0.15, 0.2) is 0 Å². The molecule has 2 heteroatoms. The average Bonchev–Trinajstić information content (AvgIpc) is 2.25. The molecule has 0 aliphatic carbocycles. The van der Waals surface area contributed by atoms with Crippen LogP contribution in [-0.4, -0.2) is 18.6 Å². The van der Waals surface area contributed by atoms with E-state index in [1.54, 1.807) is 0 Å². The zero-order chi connectivity index (χ0) is 13.1. The Morgan fingerprint density at radius 2 is 1.59 bits per heavy atom. The second kappa shape index (κ2) is 5.09. The number of hydrogen-bond donors (Lipinski definition) is 1. The third kappa shape index (κ3) is 3.47. The van der Waals surface area contributed by atoms with E-state index in [0.29, 0.717) is 0 Å². The lowest BCUT2D eigenvalue weighted by Crippen LogP contribution is -2.53. The number of hydrogen-bond acceptors (Lipinski definition) is 2. The van der Waals surface area contributed by atoms with Gasteiger partial charge in [-0.25, -0.2) is 0 Å². The van der Waals surface area contributed by atoms with Gasteiger partial charge in [-0.3, -0.25) is 0 Å². The van der Waals surface area contributed by atoms with Crippen LogP contribution in [0.25, 0.3) is 0 Å². The number of nitrogens with zero attached hydrogens (tertiary/aromatic N) is 1. The van der Waals surface area contributed by atoms with Crippen molar-refractivity contribution in [2.45, 2.75) is 40.2 Å². The molecule has 0 radical (unpaired) electrons. The average molecular weight is 234 g/mol. The van der Waals surface area contributed by atoms with Crippen molar-refractivity contribution in [2.75, 3.05) is 18.0 Å². The largest absolute Gasteiger partial charge is 0.371 e. The molecule has 0 saturated carbocycles. The summed E-state index contributed by atoms with van der Waals surface area (Å²) in [6, 6.07) is 10.5. The van der Waals surface area contributed by atoms with Gasteiger partial charge in [0.05, 0.1) is 0 Å². The molecular formula is C15H26N2. The van der Waals surface area contributed by atoms with E-state index < -0.39 is 0 Å². The molecule has 96 valence electrons. The summed E-state index contributed by atoms with van der Waals surface area (Å²) in [6.45, 7) is 12.8. The first-order chi connectivity index (χ1) is 7.78. The van der Waals surface area contributed by atoms with Crippen molar-refractivity contribution in [1.82, 2.24) is 0 Å². The minimum atomic E-state index is -0.185. The molecule has 1 rings (SSSR count). The lowest BCUT2D eigenvalue weighted by Gasteiger charge is -2.42. The third-order valence-corrected chi connectivity index (χ3v) is 3.83. The third-order valence-electron chi connectivity index (χ3n) is 3.83. The van der Waals surface area contributed by atoms with Crippen LogP contribution in [0, 0.1) is 5.41 Å². The number of anilines is 1. The summed E-state index contributed by atoms with van der Waals surface area (Å²) in [4.78, 5) is 2.38. The normalized spacial score (nSPS) is 12.6. The second-order valence-corrected chi connectivity index (χ2v) is 5.96. The van der Waals surface area contributed by atoms with Gasteiger partial charge in [-0.05, 0) is 38.3 Å². The SMILES string of the molecule is CCN(CC(C)(C)C(C)(C)N)c1ccccc1. The number of benzene rings is 1. The molecule has 0 aromatic heterocycles. The highest BCUT2D eigenvalue weighted by molar-refractivity contribution is 5.46. The van der Waals surface area contributed by atoms with Gasteiger partial charge < -0.3 is 10.6 Å². The molecule has 0 aliphatic heterocycles. The van der Waals surface area contributed by atoms with Crippen molar-refractivity contribution in [1.29, 1.82) is 0 Å². The highest BCUT2D eigenvalue weighted by Crippen LogP contribution is 2.30. The first-order valence-electron chi connectivity index (χ1n) is 6.37. The van der Waals surface area contributed by atoms with Gasteiger partial charge in [-0.2, -0.15) is 0 Å². The van der Waals surface area contributed by atoms with Gasteiger partial charge in [0.2, 0.25) is 0 Å². The molecule has 0 bridgehead atoms. The molecule has 0 saturated heterocycles. The number of para-hydroxylation sites is 1. The lowest BCUT2D eigenvalue weighted by atomic mass is 9.75. The standard InChI is InChI=1S/C15H26N2/c1-6-17(13-10-8-7-9-11-13)12-14(2,3)15(4,5)16/h7-11H,6,12,16H2,1-5H3.